The van der Waals surface area contributed by atoms with Gasteiger partial charge in [-0.3, -0.25) is 0 Å². The van der Waals surface area contributed by atoms with Crippen LogP contribution in [0.4, 0.5) is 5.82 Å². The molecule has 0 saturated heterocycles. The number of aryl methyl sites for hydroxylation is 2. The van der Waals surface area contributed by atoms with E-state index in [0.717, 1.165) is 11.4 Å². The van der Waals surface area contributed by atoms with Crippen molar-refractivity contribution < 1.29 is 4.74 Å². The van der Waals surface area contributed by atoms with Gasteiger partial charge in [-0.05, 0) is 37.0 Å². The molecule has 1 aromatic carbocycles. The summed E-state index contributed by atoms with van der Waals surface area (Å²) < 4.78 is 5.93. The lowest BCUT2D eigenvalue weighted by Gasteiger charge is -2.14. The molecule has 1 heterocycles. The fourth-order valence-electron chi connectivity index (χ4n) is 2.15. The molecule has 0 aliphatic carbocycles. The third-order valence-corrected chi connectivity index (χ3v) is 3.20. The molecule has 0 spiro atoms. The number of nitrogens with one attached hydrogen (secondary N) is 1. The first-order valence-electron chi connectivity index (χ1n) is 7.04. The molecule has 0 atom stereocenters. The molecule has 2 aromatic rings. The molecule has 2 rings (SSSR count). The van der Waals surface area contributed by atoms with Gasteiger partial charge in [-0.15, -0.1) is 0 Å². The van der Waals surface area contributed by atoms with Crippen molar-refractivity contribution in [1.29, 1.82) is 0 Å². The lowest BCUT2D eigenvalue weighted by Crippen LogP contribution is -2.12. The molecular weight excluding hydrogens is 264 g/mol. The Kier molecular flexibility index (Phi) is 4.75. The molecule has 0 aliphatic heterocycles. The van der Waals surface area contributed by atoms with Crippen molar-refractivity contribution in [3.63, 3.8) is 0 Å². The number of nitrogens with zero attached hydrogens (tertiary/aromatic N) is 2. The molecule has 0 unspecified atom stereocenters. The van der Waals surface area contributed by atoms with Crippen LogP contribution in [-0.2, 0) is 6.61 Å². The third kappa shape index (κ3) is 3.92. The van der Waals surface area contributed by atoms with Gasteiger partial charge in [0.15, 0.2) is 5.82 Å². The molecule has 3 N–H and O–H groups in total. The quantitative estimate of drug-likeness (QED) is 0.652. The zero-order valence-corrected chi connectivity index (χ0v) is 13.0. The summed E-state index contributed by atoms with van der Waals surface area (Å²) >= 11 is 0. The Balaban J connectivity index is 2.20. The van der Waals surface area contributed by atoms with Gasteiger partial charge < -0.3 is 10.2 Å². The Morgan fingerprint density at radius 2 is 1.95 bits per heavy atom. The lowest BCUT2D eigenvalue weighted by atomic mass is 10.0. The molecule has 0 aliphatic rings. The van der Waals surface area contributed by atoms with Crippen LogP contribution < -0.4 is 16.0 Å². The van der Waals surface area contributed by atoms with E-state index in [-0.39, 0.29) is 0 Å². The number of benzene rings is 1. The van der Waals surface area contributed by atoms with Gasteiger partial charge in [-0.25, -0.2) is 15.8 Å². The van der Waals surface area contributed by atoms with Gasteiger partial charge in [0.2, 0.25) is 0 Å². The van der Waals surface area contributed by atoms with E-state index in [9.17, 15) is 0 Å². The minimum absolute atomic E-state index is 0.319. The van der Waals surface area contributed by atoms with Crippen LogP contribution >= 0.6 is 0 Å². The highest BCUT2D eigenvalue weighted by Gasteiger charge is 2.09. The van der Waals surface area contributed by atoms with Gasteiger partial charge in [0, 0.05) is 11.8 Å². The lowest BCUT2D eigenvalue weighted by molar-refractivity contribution is 0.291. The maximum absolute atomic E-state index is 5.93. The molecule has 0 fully saturated rings. The molecule has 5 heteroatoms. The molecule has 1 aromatic heterocycles. The molecule has 0 bridgehead atoms. The normalized spacial score (nSPS) is 10.8. The second kappa shape index (κ2) is 6.54. The zero-order valence-electron chi connectivity index (χ0n) is 13.0. The maximum atomic E-state index is 5.93. The monoisotopic (exact) mass is 286 g/mol. The first kappa shape index (κ1) is 15.3. The Labute approximate surface area is 125 Å². The standard InChI is InChI=1S/C16H22N4O/c1-10(2)13-6-5-11(3)7-14(13)21-9-16-18-12(4)8-15(19-16)20-17/h5-8,10H,9,17H2,1-4H3,(H,18,19,20). The van der Waals surface area contributed by atoms with Crippen molar-refractivity contribution in [3.8, 4) is 5.75 Å². The van der Waals surface area contributed by atoms with Crippen molar-refractivity contribution in [1.82, 2.24) is 9.97 Å². The maximum Gasteiger partial charge on any atom is 0.168 e. The first-order valence-corrected chi connectivity index (χ1v) is 7.04. The number of hydrazine groups is 1. The van der Waals surface area contributed by atoms with E-state index < -0.39 is 0 Å². The third-order valence-electron chi connectivity index (χ3n) is 3.20. The highest BCUT2D eigenvalue weighted by Crippen LogP contribution is 2.28. The molecule has 112 valence electrons. The average molecular weight is 286 g/mol. The summed E-state index contributed by atoms with van der Waals surface area (Å²) in [6.07, 6.45) is 0. The Morgan fingerprint density at radius 3 is 2.62 bits per heavy atom. The molecule has 0 saturated carbocycles. The summed E-state index contributed by atoms with van der Waals surface area (Å²) in [5.41, 5.74) is 5.75. The predicted octanol–water partition coefficient (Wildman–Crippen LogP) is 3.08. The number of ether oxygens (including phenoxy) is 1. The molecule has 5 nitrogen and oxygen atoms in total. The van der Waals surface area contributed by atoms with Gasteiger partial charge >= 0.3 is 0 Å². The van der Waals surface area contributed by atoms with E-state index in [0.29, 0.717) is 24.2 Å². The summed E-state index contributed by atoms with van der Waals surface area (Å²) in [6.45, 7) is 8.57. The first-order chi connectivity index (χ1) is 9.99. The van der Waals surface area contributed by atoms with E-state index in [1.54, 1.807) is 6.07 Å². The number of aromatic nitrogens is 2. The number of rotatable bonds is 5. The van der Waals surface area contributed by atoms with Gasteiger partial charge in [0.1, 0.15) is 18.2 Å². The average Bonchev–Trinajstić information content (AvgIpc) is 2.44. The second-order valence-corrected chi connectivity index (χ2v) is 5.44. The van der Waals surface area contributed by atoms with Crippen molar-refractivity contribution in [3.05, 3.63) is 46.9 Å². The van der Waals surface area contributed by atoms with Crippen LogP contribution in [0.25, 0.3) is 0 Å². The highest BCUT2D eigenvalue weighted by molar-refractivity contribution is 5.39. The van der Waals surface area contributed by atoms with Crippen LogP contribution in [0.5, 0.6) is 5.75 Å². The van der Waals surface area contributed by atoms with Crippen LogP contribution in [0.3, 0.4) is 0 Å². The minimum Gasteiger partial charge on any atom is -0.485 e. The molecule has 21 heavy (non-hydrogen) atoms. The number of nitrogen functional groups attached to an aromatic ring is 1. The Morgan fingerprint density at radius 1 is 1.19 bits per heavy atom. The summed E-state index contributed by atoms with van der Waals surface area (Å²) in [4.78, 5) is 8.65. The van der Waals surface area contributed by atoms with Gasteiger partial charge in [0.05, 0.1) is 0 Å². The van der Waals surface area contributed by atoms with E-state index in [1.165, 1.54) is 11.1 Å². The molecule has 0 radical (unpaired) electrons. The van der Waals surface area contributed by atoms with Crippen LogP contribution in [0, 0.1) is 13.8 Å². The van der Waals surface area contributed by atoms with Crippen molar-refractivity contribution in [2.45, 2.75) is 40.2 Å². The fourth-order valence-corrected chi connectivity index (χ4v) is 2.15. The molecule has 0 amide bonds. The van der Waals surface area contributed by atoms with Gasteiger partial charge in [0.25, 0.3) is 0 Å². The minimum atomic E-state index is 0.319. The van der Waals surface area contributed by atoms with Crippen LogP contribution in [0.1, 0.15) is 42.4 Å². The summed E-state index contributed by atoms with van der Waals surface area (Å²) in [5, 5.41) is 0. The Hall–Kier alpha value is -2.14. The Bertz CT molecular complexity index is 626. The van der Waals surface area contributed by atoms with Gasteiger partial charge in [-0.1, -0.05) is 26.0 Å². The number of hydrogen-bond acceptors (Lipinski definition) is 5. The molecular formula is C16H22N4O. The van der Waals surface area contributed by atoms with Gasteiger partial charge in [-0.2, -0.15) is 0 Å². The van der Waals surface area contributed by atoms with Crippen LogP contribution in [0.2, 0.25) is 0 Å². The van der Waals surface area contributed by atoms with E-state index in [1.807, 2.05) is 13.0 Å². The second-order valence-electron chi connectivity index (χ2n) is 5.44. The summed E-state index contributed by atoms with van der Waals surface area (Å²) in [7, 11) is 0. The van der Waals surface area contributed by atoms with Crippen molar-refractivity contribution in [2.75, 3.05) is 5.43 Å². The van der Waals surface area contributed by atoms with E-state index >= 15 is 0 Å². The van der Waals surface area contributed by atoms with Crippen molar-refractivity contribution in [2.24, 2.45) is 5.84 Å². The van der Waals surface area contributed by atoms with E-state index in [2.05, 4.69) is 48.3 Å². The smallest absolute Gasteiger partial charge is 0.168 e. The number of anilines is 1. The largest absolute Gasteiger partial charge is 0.485 e. The predicted molar refractivity (Wildman–Crippen MR) is 84.2 cm³/mol. The fraction of sp³-hybridized carbons (Fsp3) is 0.375. The zero-order chi connectivity index (χ0) is 15.4. The van der Waals surface area contributed by atoms with E-state index in [4.69, 9.17) is 10.6 Å². The summed E-state index contributed by atoms with van der Waals surface area (Å²) in [5.74, 6) is 7.89. The SMILES string of the molecule is Cc1ccc(C(C)C)c(OCc2nc(C)cc(NN)n2)c1. The van der Waals surface area contributed by atoms with Crippen LogP contribution in [-0.4, -0.2) is 9.97 Å². The number of nitrogens with two attached hydrogens (primary N) is 1. The highest BCUT2D eigenvalue weighted by atomic mass is 16.5. The van der Waals surface area contributed by atoms with Crippen molar-refractivity contribution >= 4 is 5.82 Å². The number of hydrogen-bond donors (Lipinski definition) is 2. The summed E-state index contributed by atoms with van der Waals surface area (Å²) in [6, 6.07) is 8.05. The van der Waals surface area contributed by atoms with Crippen LogP contribution in [0.15, 0.2) is 24.3 Å². The topological polar surface area (TPSA) is 73.1 Å².